The second kappa shape index (κ2) is 6.11. The van der Waals surface area contributed by atoms with E-state index < -0.39 is 0 Å². The molecule has 0 fully saturated rings. The van der Waals surface area contributed by atoms with Gasteiger partial charge < -0.3 is 5.32 Å². The number of carbonyl (C=O) groups is 1. The summed E-state index contributed by atoms with van der Waals surface area (Å²) in [6, 6.07) is 7.57. The van der Waals surface area contributed by atoms with Gasteiger partial charge in [0.1, 0.15) is 5.01 Å². The molecular weight excluding hydrogens is 312 g/mol. The van der Waals surface area contributed by atoms with Crippen LogP contribution in [0.25, 0.3) is 0 Å². The molecule has 0 bridgehead atoms. The van der Waals surface area contributed by atoms with Gasteiger partial charge in [0.25, 0.3) is 5.91 Å². The van der Waals surface area contributed by atoms with Crippen LogP contribution in [0.3, 0.4) is 0 Å². The molecule has 3 nitrogen and oxygen atoms in total. The fraction of sp³-hybridized carbons (Fsp3) is 0.231. The van der Waals surface area contributed by atoms with Gasteiger partial charge >= 0.3 is 0 Å². The lowest BCUT2D eigenvalue weighted by atomic mass is 10.1. The SMILES string of the molecule is Cc1cnc(CNC(=O)c2cccc(CBr)c2)s1. The fourth-order valence-electron chi connectivity index (χ4n) is 1.54. The molecule has 0 saturated carbocycles. The molecule has 0 unspecified atom stereocenters. The van der Waals surface area contributed by atoms with Gasteiger partial charge in [-0.2, -0.15) is 0 Å². The summed E-state index contributed by atoms with van der Waals surface area (Å²) in [7, 11) is 0. The summed E-state index contributed by atoms with van der Waals surface area (Å²) in [5.41, 5.74) is 1.77. The fourth-order valence-corrected chi connectivity index (χ4v) is 2.61. The third-order valence-electron chi connectivity index (χ3n) is 2.41. The van der Waals surface area contributed by atoms with Crippen molar-refractivity contribution in [3.63, 3.8) is 0 Å². The molecule has 5 heteroatoms. The Balaban J connectivity index is 1.99. The molecule has 2 aromatic rings. The Morgan fingerprint density at radius 1 is 1.50 bits per heavy atom. The molecule has 0 saturated heterocycles. The van der Waals surface area contributed by atoms with Crippen LogP contribution in [0.15, 0.2) is 30.5 Å². The summed E-state index contributed by atoms with van der Waals surface area (Å²) in [6.45, 7) is 2.48. The first-order chi connectivity index (χ1) is 8.69. The molecule has 2 rings (SSSR count). The molecule has 1 aromatic heterocycles. The van der Waals surface area contributed by atoms with Crippen LogP contribution in [-0.2, 0) is 11.9 Å². The quantitative estimate of drug-likeness (QED) is 0.877. The largest absolute Gasteiger partial charge is 0.346 e. The number of aromatic nitrogens is 1. The number of benzene rings is 1. The molecule has 1 N–H and O–H groups in total. The van der Waals surface area contributed by atoms with Crippen molar-refractivity contribution in [2.75, 3.05) is 0 Å². The number of carbonyl (C=O) groups excluding carboxylic acids is 1. The lowest BCUT2D eigenvalue weighted by Gasteiger charge is -2.04. The zero-order valence-corrected chi connectivity index (χ0v) is 12.3. The molecule has 0 aliphatic carbocycles. The molecule has 1 amide bonds. The lowest BCUT2D eigenvalue weighted by Crippen LogP contribution is -2.22. The second-order valence-electron chi connectivity index (χ2n) is 3.88. The van der Waals surface area contributed by atoms with E-state index in [2.05, 4.69) is 26.2 Å². The van der Waals surface area contributed by atoms with E-state index in [0.717, 1.165) is 20.8 Å². The number of alkyl halides is 1. The summed E-state index contributed by atoms with van der Waals surface area (Å²) in [5, 5.41) is 4.55. The van der Waals surface area contributed by atoms with Crippen molar-refractivity contribution in [2.45, 2.75) is 18.8 Å². The number of nitrogens with one attached hydrogen (secondary N) is 1. The number of thiazole rings is 1. The normalized spacial score (nSPS) is 10.3. The van der Waals surface area contributed by atoms with Gasteiger partial charge in [-0.1, -0.05) is 28.1 Å². The number of hydrogen-bond donors (Lipinski definition) is 1. The highest BCUT2D eigenvalue weighted by Crippen LogP contribution is 2.12. The second-order valence-corrected chi connectivity index (χ2v) is 5.76. The van der Waals surface area contributed by atoms with Gasteiger partial charge in [0.15, 0.2) is 0 Å². The van der Waals surface area contributed by atoms with Gasteiger partial charge in [-0.15, -0.1) is 11.3 Å². The standard InChI is InChI=1S/C13H13BrN2OS/c1-9-7-15-12(18-9)8-16-13(17)11-4-2-3-10(5-11)6-14/h2-5,7H,6,8H2,1H3,(H,16,17). The van der Waals surface area contributed by atoms with Crippen LogP contribution in [0, 0.1) is 6.92 Å². The van der Waals surface area contributed by atoms with Crippen LogP contribution in [0.1, 0.15) is 25.8 Å². The monoisotopic (exact) mass is 324 g/mol. The number of hydrogen-bond acceptors (Lipinski definition) is 3. The maximum atomic E-state index is 11.9. The first-order valence-electron chi connectivity index (χ1n) is 5.53. The zero-order chi connectivity index (χ0) is 13.0. The molecule has 94 valence electrons. The first-order valence-corrected chi connectivity index (χ1v) is 7.47. The molecule has 0 spiro atoms. The lowest BCUT2D eigenvalue weighted by molar-refractivity contribution is 0.0951. The maximum absolute atomic E-state index is 11.9. The highest BCUT2D eigenvalue weighted by molar-refractivity contribution is 9.08. The van der Waals surface area contributed by atoms with E-state index in [4.69, 9.17) is 0 Å². The minimum Gasteiger partial charge on any atom is -0.346 e. The van der Waals surface area contributed by atoms with Crippen LogP contribution in [0.4, 0.5) is 0 Å². The van der Waals surface area contributed by atoms with Gasteiger partial charge in [0, 0.05) is 22.0 Å². The molecule has 1 aromatic carbocycles. The van der Waals surface area contributed by atoms with Crippen molar-refractivity contribution in [3.05, 3.63) is 51.5 Å². The van der Waals surface area contributed by atoms with Gasteiger partial charge in [0.05, 0.1) is 6.54 Å². The summed E-state index contributed by atoms with van der Waals surface area (Å²) >= 11 is 4.98. The Hall–Kier alpha value is -1.20. The third-order valence-corrected chi connectivity index (χ3v) is 3.97. The van der Waals surface area contributed by atoms with Crippen molar-refractivity contribution >= 4 is 33.2 Å². The number of aryl methyl sites for hydroxylation is 1. The van der Waals surface area contributed by atoms with Crippen LogP contribution in [-0.4, -0.2) is 10.9 Å². The van der Waals surface area contributed by atoms with Crippen LogP contribution >= 0.6 is 27.3 Å². The first kappa shape index (κ1) is 13.2. The van der Waals surface area contributed by atoms with E-state index in [1.54, 1.807) is 11.3 Å². The number of rotatable bonds is 4. The van der Waals surface area contributed by atoms with Gasteiger partial charge in [0.2, 0.25) is 0 Å². The molecular formula is C13H13BrN2OS. The van der Waals surface area contributed by atoms with E-state index in [1.807, 2.05) is 37.4 Å². The Kier molecular flexibility index (Phi) is 4.49. The predicted octanol–water partition coefficient (Wildman–Crippen LogP) is 3.28. The zero-order valence-electron chi connectivity index (χ0n) is 9.94. The maximum Gasteiger partial charge on any atom is 0.251 e. The Morgan fingerprint density at radius 3 is 3.00 bits per heavy atom. The van der Waals surface area contributed by atoms with Crippen molar-refractivity contribution in [3.8, 4) is 0 Å². The van der Waals surface area contributed by atoms with Crippen LogP contribution in [0.5, 0.6) is 0 Å². The highest BCUT2D eigenvalue weighted by Gasteiger charge is 2.07. The van der Waals surface area contributed by atoms with E-state index >= 15 is 0 Å². The van der Waals surface area contributed by atoms with Crippen molar-refractivity contribution < 1.29 is 4.79 Å². The number of nitrogens with zero attached hydrogens (tertiary/aromatic N) is 1. The van der Waals surface area contributed by atoms with Crippen LogP contribution < -0.4 is 5.32 Å². The van der Waals surface area contributed by atoms with E-state index in [0.29, 0.717) is 12.1 Å². The highest BCUT2D eigenvalue weighted by atomic mass is 79.9. The Morgan fingerprint density at radius 2 is 2.33 bits per heavy atom. The van der Waals surface area contributed by atoms with E-state index in [1.165, 1.54) is 0 Å². The number of halogens is 1. The van der Waals surface area contributed by atoms with Gasteiger partial charge in [-0.25, -0.2) is 4.98 Å². The predicted molar refractivity (Wildman–Crippen MR) is 77.1 cm³/mol. The third kappa shape index (κ3) is 3.40. The smallest absolute Gasteiger partial charge is 0.251 e. The van der Waals surface area contributed by atoms with Gasteiger partial charge in [-0.05, 0) is 24.6 Å². The van der Waals surface area contributed by atoms with E-state index in [-0.39, 0.29) is 5.91 Å². The Labute approximate surface area is 118 Å². The van der Waals surface area contributed by atoms with Crippen molar-refractivity contribution in [2.24, 2.45) is 0 Å². The van der Waals surface area contributed by atoms with Crippen molar-refractivity contribution in [1.29, 1.82) is 0 Å². The summed E-state index contributed by atoms with van der Waals surface area (Å²) in [5.74, 6) is -0.0642. The molecule has 18 heavy (non-hydrogen) atoms. The van der Waals surface area contributed by atoms with E-state index in [9.17, 15) is 4.79 Å². The molecule has 0 aliphatic heterocycles. The minimum absolute atomic E-state index is 0.0642. The Bertz CT molecular complexity index is 553. The molecule has 1 heterocycles. The molecule has 0 atom stereocenters. The van der Waals surface area contributed by atoms with Crippen LogP contribution in [0.2, 0.25) is 0 Å². The average molecular weight is 325 g/mol. The molecule has 0 aliphatic rings. The summed E-state index contributed by atoms with van der Waals surface area (Å²) < 4.78 is 0. The minimum atomic E-state index is -0.0642. The molecule has 0 radical (unpaired) electrons. The summed E-state index contributed by atoms with van der Waals surface area (Å²) in [6.07, 6.45) is 1.82. The van der Waals surface area contributed by atoms with Gasteiger partial charge in [-0.3, -0.25) is 4.79 Å². The average Bonchev–Trinajstić information content (AvgIpc) is 2.82. The number of amides is 1. The summed E-state index contributed by atoms with van der Waals surface area (Å²) in [4.78, 5) is 17.3. The van der Waals surface area contributed by atoms with Crippen molar-refractivity contribution in [1.82, 2.24) is 10.3 Å². The topological polar surface area (TPSA) is 42.0 Å².